The Bertz CT molecular complexity index is 818. The van der Waals surface area contributed by atoms with Gasteiger partial charge in [-0.05, 0) is 30.5 Å². The van der Waals surface area contributed by atoms with Crippen LogP contribution in [0.3, 0.4) is 0 Å². The number of carbonyl (C=O) groups excluding carboxylic acids is 1. The van der Waals surface area contributed by atoms with Crippen LogP contribution in [0.2, 0.25) is 5.02 Å². The summed E-state index contributed by atoms with van der Waals surface area (Å²) in [6.07, 6.45) is 4.33. The number of aliphatic carboxylic acids is 1. The van der Waals surface area contributed by atoms with Gasteiger partial charge in [-0.15, -0.1) is 0 Å². The molecule has 25 heavy (non-hydrogen) atoms. The maximum absolute atomic E-state index is 12.6. The van der Waals surface area contributed by atoms with Crippen molar-refractivity contribution in [1.29, 1.82) is 0 Å². The number of carboxylic acid groups (broad SMARTS) is 1. The highest BCUT2D eigenvalue weighted by Gasteiger charge is 2.26. The molecular weight excluding hydrogens is 346 g/mol. The summed E-state index contributed by atoms with van der Waals surface area (Å²) < 4.78 is 6.91. The quantitative estimate of drug-likeness (QED) is 0.851. The fraction of sp³-hybridized carbons (Fsp3) is 0.353. The molecule has 8 heteroatoms. The predicted molar refractivity (Wildman–Crippen MR) is 91.0 cm³/mol. The van der Waals surface area contributed by atoms with Gasteiger partial charge < -0.3 is 19.7 Å². The fourth-order valence-electron chi connectivity index (χ4n) is 2.95. The number of aromatic nitrogens is 2. The highest BCUT2D eigenvalue weighted by Crippen LogP contribution is 2.28. The zero-order chi connectivity index (χ0) is 18.0. The van der Waals surface area contributed by atoms with Crippen LogP contribution in [0, 0.1) is 0 Å². The van der Waals surface area contributed by atoms with E-state index in [1.807, 2.05) is 4.57 Å². The van der Waals surface area contributed by atoms with Crippen LogP contribution in [-0.2, 0) is 17.8 Å². The summed E-state index contributed by atoms with van der Waals surface area (Å²) in [5, 5.41) is 12.3. The smallest absolute Gasteiger partial charge is 0.330 e. The number of benzene rings is 1. The maximum Gasteiger partial charge on any atom is 0.330 e. The van der Waals surface area contributed by atoms with Gasteiger partial charge in [0.1, 0.15) is 17.3 Å². The molecule has 1 amide bonds. The number of methoxy groups -OCH3 is 1. The molecule has 0 saturated carbocycles. The van der Waals surface area contributed by atoms with Gasteiger partial charge in [-0.1, -0.05) is 17.7 Å². The van der Waals surface area contributed by atoms with E-state index >= 15 is 0 Å². The van der Waals surface area contributed by atoms with Gasteiger partial charge in [0.15, 0.2) is 6.04 Å². The van der Waals surface area contributed by atoms with E-state index in [0.29, 0.717) is 23.6 Å². The minimum absolute atomic E-state index is 0.280. The Morgan fingerprint density at radius 3 is 2.88 bits per heavy atom. The van der Waals surface area contributed by atoms with Crippen LogP contribution >= 0.6 is 11.6 Å². The summed E-state index contributed by atoms with van der Waals surface area (Å²) >= 11 is 6.06. The van der Waals surface area contributed by atoms with Gasteiger partial charge in [0, 0.05) is 13.0 Å². The number of halogens is 1. The van der Waals surface area contributed by atoms with Crippen LogP contribution in [0.1, 0.15) is 40.8 Å². The Labute approximate surface area is 149 Å². The molecule has 0 fully saturated rings. The number of hydrogen-bond donors (Lipinski definition) is 2. The van der Waals surface area contributed by atoms with Crippen LogP contribution < -0.4 is 10.1 Å². The van der Waals surface area contributed by atoms with Gasteiger partial charge in [0.2, 0.25) is 0 Å². The molecule has 1 aromatic carbocycles. The highest BCUT2D eigenvalue weighted by molar-refractivity contribution is 6.32. The Balaban J connectivity index is 1.85. The summed E-state index contributed by atoms with van der Waals surface area (Å²) in [6, 6.07) is 3.40. The number of imidazole rings is 1. The lowest BCUT2D eigenvalue weighted by Gasteiger charge is -2.19. The second kappa shape index (κ2) is 7.14. The molecule has 0 aliphatic carbocycles. The minimum atomic E-state index is -1.22. The van der Waals surface area contributed by atoms with Crippen molar-refractivity contribution < 1.29 is 19.4 Å². The van der Waals surface area contributed by atoms with Crippen molar-refractivity contribution in [3.63, 3.8) is 0 Å². The Kier molecular flexibility index (Phi) is 4.94. The molecule has 1 atom stereocenters. The SMILES string of the molecule is COc1ccc(C(NC(=O)c2cnc3n2CCCC3)C(=O)O)cc1Cl. The normalized spacial score (nSPS) is 14.5. The first-order valence-corrected chi connectivity index (χ1v) is 8.30. The average Bonchev–Trinajstić information content (AvgIpc) is 3.03. The van der Waals surface area contributed by atoms with Crippen molar-refractivity contribution in [2.45, 2.75) is 31.8 Å². The third-order valence-corrected chi connectivity index (χ3v) is 4.53. The largest absolute Gasteiger partial charge is 0.495 e. The van der Waals surface area contributed by atoms with Crippen LogP contribution in [0.15, 0.2) is 24.4 Å². The molecule has 7 nitrogen and oxygen atoms in total. The molecule has 0 radical (unpaired) electrons. The number of nitrogens with one attached hydrogen (secondary N) is 1. The molecule has 1 aliphatic rings. The number of amides is 1. The molecule has 1 unspecified atom stereocenters. The summed E-state index contributed by atoms with van der Waals surface area (Å²) in [6.45, 7) is 0.712. The molecular formula is C17H18ClN3O4. The molecule has 3 rings (SSSR count). The van der Waals surface area contributed by atoms with Gasteiger partial charge in [0.25, 0.3) is 5.91 Å². The third-order valence-electron chi connectivity index (χ3n) is 4.23. The first kappa shape index (κ1) is 17.3. The first-order chi connectivity index (χ1) is 12.0. The molecule has 2 N–H and O–H groups in total. The zero-order valence-corrected chi connectivity index (χ0v) is 14.4. The van der Waals surface area contributed by atoms with Gasteiger partial charge in [-0.3, -0.25) is 4.79 Å². The fourth-order valence-corrected chi connectivity index (χ4v) is 3.22. The van der Waals surface area contributed by atoms with Crippen LogP contribution in [0.25, 0.3) is 0 Å². The molecule has 1 aromatic heterocycles. The molecule has 2 heterocycles. The van der Waals surface area contributed by atoms with E-state index < -0.39 is 17.9 Å². The number of ether oxygens (including phenoxy) is 1. The highest BCUT2D eigenvalue weighted by atomic mass is 35.5. The standard InChI is InChI=1S/C17H18ClN3O4/c1-25-13-6-5-10(8-11(13)18)15(17(23)24)20-16(22)12-9-19-14-4-2-3-7-21(12)14/h5-6,8-9,15H,2-4,7H2,1H3,(H,20,22)(H,23,24). The van der Waals surface area contributed by atoms with Gasteiger partial charge in [-0.25, -0.2) is 9.78 Å². The van der Waals surface area contributed by atoms with Crippen molar-refractivity contribution in [1.82, 2.24) is 14.9 Å². The zero-order valence-electron chi connectivity index (χ0n) is 13.7. The van der Waals surface area contributed by atoms with E-state index in [2.05, 4.69) is 10.3 Å². The lowest BCUT2D eigenvalue weighted by Crippen LogP contribution is -2.35. The summed E-state index contributed by atoms with van der Waals surface area (Å²) in [4.78, 5) is 28.5. The van der Waals surface area contributed by atoms with Gasteiger partial charge in [-0.2, -0.15) is 0 Å². The van der Waals surface area contributed by atoms with E-state index in [0.717, 1.165) is 25.1 Å². The minimum Gasteiger partial charge on any atom is -0.495 e. The van der Waals surface area contributed by atoms with Crippen LogP contribution in [-0.4, -0.2) is 33.6 Å². The third kappa shape index (κ3) is 3.46. The number of fused-ring (bicyclic) bond motifs is 1. The molecule has 2 aromatic rings. The average molecular weight is 364 g/mol. The number of hydrogen-bond acceptors (Lipinski definition) is 4. The maximum atomic E-state index is 12.6. The Morgan fingerprint density at radius 2 is 2.20 bits per heavy atom. The van der Waals surface area contributed by atoms with E-state index in [1.54, 1.807) is 12.1 Å². The van der Waals surface area contributed by atoms with E-state index in [9.17, 15) is 14.7 Å². The van der Waals surface area contributed by atoms with Gasteiger partial charge in [0.05, 0.1) is 18.3 Å². The summed E-state index contributed by atoms with van der Waals surface area (Å²) in [5.41, 5.74) is 0.741. The summed E-state index contributed by atoms with van der Waals surface area (Å²) in [5.74, 6) is -0.352. The van der Waals surface area contributed by atoms with E-state index in [-0.39, 0.29) is 5.02 Å². The number of nitrogens with zero attached hydrogens (tertiary/aromatic N) is 2. The number of aryl methyl sites for hydroxylation is 1. The first-order valence-electron chi connectivity index (χ1n) is 7.92. The predicted octanol–water partition coefficient (Wildman–Crippen LogP) is 2.44. The number of carboxylic acids is 1. The Morgan fingerprint density at radius 1 is 1.40 bits per heavy atom. The lowest BCUT2D eigenvalue weighted by atomic mass is 10.1. The van der Waals surface area contributed by atoms with E-state index in [1.165, 1.54) is 19.4 Å². The summed E-state index contributed by atoms with van der Waals surface area (Å²) in [7, 11) is 1.47. The van der Waals surface area contributed by atoms with Crippen LogP contribution in [0.4, 0.5) is 0 Å². The van der Waals surface area contributed by atoms with E-state index in [4.69, 9.17) is 16.3 Å². The van der Waals surface area contributed by atoms with Gasteiger partial charge >= 0.3 is 5.97 Å². The van der Waals surface area contributed by atoms with Crippen molar-refractivity contribution in [2.24, 2.45) is 0 Å². The van der Waals surface area contributed by atoms with Crippen molar-refractivity contribution in [2.75, 3.05) is 7.11 Å². The molecule has 1 aliphatic heterocycles. The molecule has 132 valence electrons. The lowest BCUT2D eigenvalue weighted by molar-refractivity contribution is -0.139. The van der Waals surface area contributed by atoms with Crippen LogP contribution in [0.5, 0.6) is 5.75 Å². The number of carbonyl (C=O) groups is 2. The second-order valence-corrected chi connectivity index (χ2v) is 6.21. The topological polar surface area (TPSA) is 93.5 Å². The monoisotopic (exact) mass is 363 g/mol. The number of rotatable bonds is 5. The van der Waals surface area contributed by atoms with Crippen molar-refractivity contribution in [3.05, 3.63) is 46.5 Å². The molecule has 0 spiro atoms. The molecule has 0 saturated heterocycles. The Hall–Kier alpha value is -2.54. The second-order valence-electron chi connectivity index (χ2n) is 5.81. The van der Waals surface area contributed by atoms with Crippen molar-refractivity contribution in [3.8, 4) is 5.75 Å². The van der Waals surface area contributed by atoms with Crippen molar-refractivity contribution >= 4 is 23.5 Å². The molecule has 0 bridgehead atoms.